The number of sulfone groups is 1. The second-order valence-electron chi connectivity index (χ2n) is 4.47. The second kappa shape index (κ2) is 3.75. The van der Waals surface area contributed by atoms with Gasteiger partial charge in [-0.2, -0.15) is 0 Å². The molecular weight excluding hydrogens is 218 g/mol. The standard InChI is InChI=1S/C9H15NO4S/c11-9(12)6-3-8(4-6)10-7-1-2-15(13,14)5-7/h6-8,10H,1-5H2,(H,11,12). The minimum atomic E-state index is -2.83. The summed E-state index contributed by atoms with van der Waals surface area (Å²) in [6.45, 7) is 0. The number of hydrogen-bond acceptors (Lipinski definition) is 4. The van der Waals surface area contributed by atoms with E-state index in [9.17, 15) is 13.2 Å². The molecule has 1 heterocycles. The Bertz CT molecular complexity index is 358. The number of hydrogen-bond donors (Lipinski definition) is 2. The largest absolute Gasteiger partial charge is 0.481 e. The van der Waals surface area contributed by atoms with Gasteiger partial charge in [-0.15, -0.1) is 0 Å². The highest BCUT2D eigenvalue weighted by Crippen LogP contribution is 2.28. The summed E-state index contributed by atoms with van der Waals surface area (Å²) in [6.07, 6.45) is 1.92. The van der Waals surface area contributed by atoms with Crippen LogP contribution in [0.5, 0.6) is 0 Å². The van der Waals surface area contributed by atoms with Crippen LogP contribution in [-0.2, 0) is 14.6 Å². The van der Waals surface area contributed by atoms with Crippen molar-refractivity contribution in [2.45, 2.75) is 31.3 Å². The Morgan fingerprint density at radius 2 is 1.93 bits per heavy atom. The molecule has 2 N–H and O–H groups in total. The van der Waals surface area contributed by atoms with Crippen molar-refractivity contribution in [3.8, 4) is 0 Å². The summed E-state index contributed by atoms with van der Waals surface area (Å²) in [4.78, 5) is 10.5. The van der Waals surface area contributed by atoms with Crippen LogP contribution in [-0.4, -0.2) is 43.1 Å². The molecule has 0 amide bonds. The SMILES string of the molecule is O=C(O)C1CC(NC2CCS(=O)(=O)C2)C1. The predicted molar refractivity (Wildman–Crippen MR) is 54.3 cm³/mol. The lowest BCUT2D eigenvalue weighted by Gasteiger charge is -2.34. The molecule has 0 spiro atoms. The zero-order chi connectivity index (χ0) is 11.1. The number of aliphatic carboxylic acids is 1. The summed E-state index contributed by atoms with van der Waals surface area (Å²) in [5, 5.41) is 11.9. The molecule has 2 aliphatic rings. The van der Waals surface area contributed by atoms with Gasteiger partial charge >= 0.3 is 5.97 Å². The first-order valence-corrected chi connectivity index (χ1v) is 6.98. The summed E-state index contributed by atoms with van der Waals surface area (Å²) in [5.41, 5.74) is 0. The van der Waals surface area contributed by atoms with Crippen molar-refractivity contribution in [2.75, 3.05) is 11.5 Å². The molecule has 5 nitrogen and oxygen atoms in total. The van der Waals surface area contributed by atoms with Crippen LogP contribution in [0.15, 0.2) is 0 Å². The zero-order valence-corrected chi connectivity index (χ0v) is 9.16. The fourth-order valence-corrected chi connectivity index (χ4v) is 3.90. The molecule has 0 aromatic heterocycles. The van der Waals surface area contributed by atoms with Crippen LogP contribution in [0, 0.1) is 5.92 Å². The summed E-state index contributed by atoms with van der Waals surface area (Å²) in [6, 6.07) is 0.235. The molecule has 1 aliphatic heterocycles. The Labute approximate surface area is 88.8 Å². The normalized spacial score (nSPS) is 38.5. The zero-order valence-electron chi connectivity index (χ0n) is 8.35. The molecular formula is C9H15NO4S. The number of carboxylic acid groups (broad SMARTS) is 1. The van der Waals surface area contributed by atoms with Crippen LogP contribution in [0.25, 0.3) is 0 Å². The highest BCUT2D eigenvalue weighted by Gasteiger charge is 2.37. The van der Waals surface area contributed by atoms with E-state index in [1.165, 1.54) is 0 Å². The summed E-state index contributed by atoms with van der Waals surface area (Å²) in [5.74, 6) is -0.506. The van der Waals surface area contributed by atoms with Crippen molar-refractivity contribution < 1.29 is 18.3 Å². The molecule has 1 unspecified atom stereocenters. The third-order valence-electron chi connectivity index (χ3n) is 3.19. The van der Waals surface area contributed by atoms with E-state index in [2.05, 4.69) is 5.32 Å². The summed E-state index contributed by atoms with van der Waals surface area (Å²) >= 11 is 0. The van der Waals surface area contributed by atoms with Gasteiger partial charge in [0.2, 0.25) is 0 Å². The van der Waals surface area contributed by atoms with Crippen LogP contribution in [0.4, 0.5) is 0 Å². The average Bonchev–Trinajstić information content (AvgIpc) is 2.36. The molecule has 1 aliphatic carbocycles. The maximum absolute atomic E-state index is 11.2. The van der Waals surface area contributed by atoms with Gasteiger partial charge in [0.15, 0.2) is 9.84 Å². The quantitative estimate of drug-likeness (QED) is 0.694. The topological polar surface area (TPSA) is 83.5 Å². The highest BCUT2D eigenvalue weighted by atomic mass is 32.2. The van der Waals surface area contributed by atoms with Gasteiger partial charge in [-0.1, -0.05) is 0 Å². The number of rotatable bonds is 3. The second-order valence-corrected chi connectivity index (χ2v) is 6.70. The Morgan fingerprint density at radius 1 is 1.27 bits per heavy atom. The van der Waals surface area contributed by atoms with E-state index in [-0.39, 0.29) is 29.5 Å². The maximum atomic E-state index is 11.2. The van der Waals surface area contributed by atoms with Gasteiger partial charge < -0.3 is 10.4 Å². The number of nitrogens with one attached hydrogen (secondary N) is 1. The van der Waals surface area contributed by atoms with Crippen LogP contribution >= 0.6 is 0 Å². The van der Waals surface area contributed by atoms with E-state index in [1.54, 1.807) is 0 Å². The third-order valence-corrected chi connectivity index (χ3v) is 4.96. The van der Waals surface area contributed by atoms with Crippen LogP contribution in [0.1, 0.15) is 19.3 Å². The molecule has 0 aromatic rings. The first-order valence-electron chi connectivity index (χ1n) is 5.15. The molecule has 0 aromatic carbocycles. The van der Waals surface area contributed by atoms with Gasteiger partial charge in [0.05, 0.1) is 17.4 Å². The first kappa shape index (κ1) is 10.9. The Balaban J connectivity index is 1.75. The Hall–Kier alpha value is -0.620. The van der Waals surface area contributed by atoms with Gasteiger partial charge in [-0.3, -0.25) is 4.79 Å². The lowest BCUT2D eigenvalue weighted by molar-refractivity contribution is -0.145. The molecule has 86 valence electrons. The highest BCUT2D eigenvalue weighted by molar-refractivity contribution is 7.91. The summed E-state index contributed by atoms with van der Waals surface area (Å²) < 4.78 is 22.3. The van der Waals surface area contributed by atoms with Crippen LogP contribution in [0.3, 0.4) is 0 Å². The molecule has 0 bridgehead atoms. The molecule has 1 saturated carbocycles. The van der Waals surface area contributed by atoms with Crippen molar-refractivity contribution in [3.63, 3.8) is 0 Å². The van der Waals surface area contributed by atoms with Crippen molar-refractivity contribution in [3.05, 3.63) is 0 Å². The minimum Gasteiger partial charge on any atom is -0.481 e. The van der Waals surface area contributed by atoms with E-state index in [4.69, 9.17) is 5.11 Å². The number of carbonyl (C=O) groups is 1. The van der Waals surface area contributed by atoms with Crippen molar-refractivity contribution in [1.29, 1.82) is 0 Å². The van der Waals surface area contributed by atoms with Crippen molar-refractivity contribution in [2.24, 2.45) is 5.92 Å². The maximum Gasteiger partial charge on any atom is 0.306 e. The molecule has 2 rings (SSSR count). The van der Waals surface area contributed by atoms with Crippen LogP contribution < -0.4 is 5.32 Å². The van der Waals surface area contributed by atoms with E-state index in [0.29, 0.717) is 19.3 Å². The third kappa shape index (κ3) is 2.49. The van der Waals surface area contributed by atoms with E-state index >= 15 is 0 Å². The minimum absolute atomic E-state index is 0.0368. The van der Waals surface area contributed by atoms with Gasteiger partial charge in [0, 0.05) is 12.1 Å². The van der Waals surface area contributed by atoms with Gasteiger partial charge in [-0.25, -0.2) is 8.42 Å². The van der Waals surface area contributed by atoms with Gasteiger partial charge in [-0.05, 0) is 19.3 Å². The number of carboxylic acids is 1. The average molecular weight is 233 g/mol. The Kier molecular flexibility index (Phi) is 2.72. The van der Waals surface area contributed by atoms with Gasteiger partial charge in [0.1, 0.15) is 0 Å². The van der Waals surface area contributed by atoms with Crippen molar-refractivity contribution in [1.82, 2.24) is 5.32 Å². The van der Waals surface area contributed by atoms with Crippen molar-refractivity contribution >= 4 is 15.8 Å². The summed E-state index contributed by atoms with van der Waals surface area (Å²) in [7, 11) is -2.83. The molecule has 0 radical (unpaired) electrons. The first-order chi connectivity index (χ1) is 6.96. The molecule has 15 heavy (non-hydrogen) atoms. The fraction of sp³-hybridized carbons (Fsp3) is 0.889. The molecule has 1 saturated heterocycles. The molecule has 1 atom stereocenters. The lowest BCUT2D eigenvalue weighted by atomic mass is 9.80. The smallest absolute Gasteiger partial charge is 0.306 e. The molecule has 2 fully saturated rings. The lowest BCUT2D eigenvalue weighted by Crippen LogP contribution is -2.48. The monoisotopic (exact) mass is 233 g/mol. The fourth-order valence-electron chi connectivity index (χ4n) is 2.22. The van der Waals surface area contributed by atoms with Crippen LogP contribution in [0.2, 0.25) is 0 Å². The van der Waals surface area contributed by atoms with E-state index in [0.717, 1.165) is 0 Å². The predicted octanol–water partition coefficient (Wildman–Crippen LogP) is -0.374. The molecule has 6 heteroatoms. The van der Waals surface area contributed by atoms with Gasteiger partial charge in [0.25, 0.3) is 0 Å². The van der Waals surface area contributed by atoms with E-state index < -0.39 is 15.8 Å². The van der Waals surface area contributed by atoms with E-state index in [1.807, 2.05) is 0 Å². The Morgan fingerprint density at radius 3 is 2.40 bits per heavy atom.